The van der Waals surface area contributed by atoms with Gasteiger partial charge in [-0.2, -0.15) is 0 Å². The van der Waals surface area contributed by atoms with Gasteiger partial charge in [-0.1, -0.05) is 11.6 Å². The maximum Gasteiger partial charge on any atom is 0.336 e. The molecule has 2 heterocycles. The fraction of sp³-hybridized carbons (Fsp3) is 0.360. The zero-order valence-corrected chi connectivity index (χ0v) is 20.0. The molecule has 0 radical (unpaired) electrons. The van der Waals surface area contributed by atoms with Crippen molar-refractivity contribution in [2.45, 2.75) is 52.6 Å². The van der Waals surface area contributed by atoms with Crippen molar-refractivity contribution in [1.82, 2.24) is 5.32 Å². The van der Waals surface area contributed by atoms with Gasteiger partial charge < -0.3 is 14.8 Å². The lowest BCUT2D eigenvalue weighted by molar-refractivity contribution is -0.138. The Morgan fingerprint density at radius 3 is 2.69 bits per heavy atom. The first-order valence-corrected chi connectivity index (χ1v) is 12.0. The predicted octanol–water partition coefficient (Wildman–Crippen LogP) is 5.82. The van der Waals surface area contributed by atoms with Crippen LogP contribution in [0.4, 0.5) is 0 Å². The Morgan fingerprint density at radius 2 is 1.97 bits per heavy atom. The third kappa shape index (κ3) is 4.48. The molecule has 32 heavy (non-hydrogen) atoms. The van der Waals surface area contributed by atoms with E-state index >= 15 is 0 Å². The quantitative estimate of drug-likeness (QED) is 0.538. The van der Waals surface area contributed by atoms with Crippen LogP contribution in [0.15, 0.2) is 52.9 Å². The Kier molecular flexibility index (Phi) is 6.72. The van der Waals surface area contributed by atoms with Gasteiger partial charge in [-0.15, -0.1) is 11.3 Å². The average molecular weight is 472 g/mol. The van der Waals surface area contributed by atoms with Crippen LogP contribution in [0.25, 0.3) is 0 Å². The third-order valence-electron chi connectivity index (χ3n) is 5.80. The number of carbonyl (C=O) groups excluding carboxylic acids is 2. The topological polar surface area (TPSA) is 64.6 Å². The number of ketones is 1. The number of esters is 1. The van der Waals surface area contributed by atoms with Crippen molar-refractivity contribution in [3.05, 3.63) is 73.2 Å². The minimum absolute atomic E-state index is 0.100. The lowest BCUT2D eigenvalue weighted by Gasteiger charge is -2.33. The van der Waals surface area contributed by atoms with E-state index in [2.05, 4.69) is 11.4 Å². The second kappa shape index (κ2) is 9.51. The fourth-order valence-corrected chi connectivity index (χ4v) is 5.55. The molecule has 1 aliphatic carbocycles. The number of Topliss-reactive ketones (excluding diaryl/α,β-unsaturated/α-hetero) is 1. The molecule has 1 N–H and O–H groups in total. The van der Waals surface area contributed by atoms with E-state index in [1.165, 1.54) is 0 Å². The molecule has 0 bridgehead atoms. The summed E-state index contributed by atoms with van der Waals surface area (Å²) in [6.45, 7) is 6.39. The van der Waals surface area contributed by atoms with Gasteiger partial charge in [-0.25, -0.2) is 4.79 Å². The highest BCUT2D eigenvalue weighted by Gasteiger charge is 2.40. The standard InChI is InChI=1S/C25H26ClNO4S/c1-4-30-25(29)22-14(2)27-19-6-5-7-20(28)23(19)24(22)21-12-16(15(3)32-21)13-31-18-10-8-17(26)9-11-18/h8-12,24,27H,4-7,13H2,1-3H3/t24-/m0/s1. The summed E-state index contributed by atoms with van der Waals surface area (Å²) >= 11 is 7.55. The van der Waals surface area contributed by atoms with E-state index in [0.29, 0.717) is 29.2 Å². The molecule has 168 valence electrons. The van der Waals surface area contributed by atoms with Crippen molar-refractivity contribution in [2.24, 2.45) is 0 Å². The summed E-state index contributed by atoms with van der Waals surface area (Å²) in [7, 11) is 0. The monoisotopic (exact) mass is 471 g/mol. The molecule has 0 spiro atoms. The molecule has 0 amide bonds. The van der Waals surface area contributed by atoms with E-state index in [9.17, 15) is 9.59 Å². The molecule has 1 aromatic carbocycles. The molecule has 4 rings (SSSR count). The molecule has 0 unspecified atom stereocenters. The summed E-state index contributed by atoms with van der Waals surface area (Å²) in [4.78, 5) is 27.9. The number of rotatable bonds is 6. The molecule has 1 atom stereocenters. The van der Waals surface area contributed by atoms with E-state index in [0.717, 1.165) is 45.3 Å². The van der Waals surface area contributed by atoms with Crippen molar-refractivity contribution in [2.75, 3.05) is 6.61 Å². The highest BCUT2D eigenvalue weighted by atomic mass is 35.5. The van der Waals surface area contributed by atoms with Crippen LogP contribution >= 0.6 is 22.9 Å². The van der Waals surface area contributed by atoms with Crippen molar-refractivity contribution >= 4 is 34.7 Å². The molecular weight excluding hydrogens is 446 g/mol. The van der Waals surface area contributed by atoms with Crippen LogP contribution in [-0.4, -0.2) is 18.4 Å². The zero-order valence-electron chi connectivity index (χ0n) is 18.4. The molecule has 1 aliphatic heterocycles. The Hall–Kier alpha value is -2.57. The normalized spacial score (nSPS) is 18.4. The smallest absolute Gasteiger partial charge is 0.336 e. The van der Waals surface area contributed by atoms with Crippen LogP contribution in [0, 0.1) is 6.92 Å². The second-order valence-corrected chi connectivity index (χ2v) is 9.68. The largest absolute Gasteiger partial charge is 0.489 e. The average Bonchev–Trinajstić information content (AvgIpc) is 3.13. The second-order valence-electron chi connectivity index (χ2n) is 7.96. The maximum atomic E-state index is 13.0. The number of carbonyl (C=O) groups is 2. The van der Waals surface area contributed by atoms with Gasteiger partial charge in [0.25, 0.3) is 0 Å². The van der Waals surface area contributed by atoms with E-state index in [1.807, 2.05) is 26.0 Å². The number of halogens is 1. The summed E-state index contributed by atoms with van der Waals surface area (Å²) in [6.07, 6.45) is 2.13. The SMILES string of the molecule is CCOC(=O)C1=C(C)NC2=C(C(=O)CCC2)[C@H]1c1cc(COc2ccc(Cl)cc2)c(C)s1. The number of ether oxygens (including phenoxy) is 2. The molecule has 0 saturated heterocycles. The summed E-state index contributed by atoms with van der Waals surface area (Å²) in [6, 6.07) is 9.31. The molecule has 2 aromatic rings. The Balaban J connectivity index is 1.69. The molecule has 2 aliphatic rings. The van der Waals surface area contributed by atoms with Crippen molar-refractivity contribution < 1.29 is 19.1 Å². The van der Waals surface area contributed by atoms with Crippen LogP contribution in [0.3, 0.4) is 0 Å². The summed E-state index contributed by atoms with van der Waals surface area (Å²) in [5, 5.41) is 3.98. The van der Waals surface area contributed by atoms with Gasteiger partial charge in [0, 0.05) is 43.7 Å². The molecular formula is C25H26ClNO4S. The first kappa shape index (κ1) is 22.6. The number of aryl methyl sites for hydroxylation is 1. The van der Waals surface area contributed by atoms with E-state index in [4.69, 9.17) is 21.1 Å². The number of hydrogen-bond acceptors (Lipinski definition) is 6. The number of dihydropyridines is 1. The Morgan fingerprint density at radius 1 is 1.22 bits per heavy atom. The zero-order chi connectivity index (χ0) is 22.8. The minimum atomic E-state index is -0.411. The van der Waals surface area contributed by atoms with E-state index in [1.54, 1.807) is 30.4 Å². The van der Waals surface area contributed by atoms with Crippen molar-refractivity contribution in [1.29, 1.82) is 0 Å². The number of benzene rings is 1. The van der Waals surface area contributed by atoms with Gasteiger partial charge in [-0.3, -0.25) is 4.79 Å². The maximum absolute atomic E-state index is 13.0. The highest BCUT2D eigenvalue weighted by Crippen LogP contribution is 2.45. The van der Waals surface area contributed by atoms with Crippen LogP contribution in [0.5, 0.6) is 5.75 Å². The minimum Gasteiger partial charge on any atom is -0.489 e. The van der Waals surface area contributed by atoms with Crippen LogP contribution < -0.4 is 10.1 Å². The summed E-state index contributed by atoms with van der Waals surface area (Å²) in [5.74, 6) is 0.0467. The fourth-order valence-electron chi connectivity index (χ4n) is 4.27. The molecule has 0 saturated carbocycles. The summed E-state index contributed by atoms with van der Waals surface area (Å²) < 4.78 is 11.3. The molecule has 0 fully saturated rings. The molecule has 7 heteroatoms. The van der Waals surface area contributed by atoms with Crippen LogP contribution in [-0.2, 0) is 20.9 Å². The van der Waals surface area contributed by atoms with Gasteiger partial charge in [0.05, 0.1) is 18.1 Å². The molecule has 5 nitrogen and oxygen atoms in total. The van der Waals surface area contributed by atoms with Crippen LogP contribution in [0.1, 0.15) is 54.3 Å². The van der Waals surface area contributed by atoms with E-state index < -0.39 is 5.92 Å². The Labute approximate surface area is 197 Å². The summed E-state index contributed by atoms with van der Waals surface area (Å²) in [5.41, 5.74) is 3.95. The van der Waals surface area contributed by atoms with Crippen LogP contribution in [0.2, 0.25) is 5.02 Å². The lowest BCUT2D eigenvalue weighted by Crippen LogP contribution is -2.34. The lowest BCUT2D eigenvalue weighted by atomic mass is 9.78. The first-order chi connectivity index (χ1) is 15.4. The highest BCUT2D eigenvalue weighted by molar-refractivity contribution is 7.12. The third-order valence-corrected chi connectivity index (χ3v) is 7.21. The van der Waals surface area contributed by atoms with Crippen molar-refractivity contribution in [3.8, 4) is 5.75 Å². The number of thiophene rings is 1. The van der Waals surface area contributed by atoms with Gasteiger partial charge in [0.2, 0.25) is 0 Å². The Bertz CT molecular complexity index is 1110. The number of hydrogen-bond donors (Lipinski definition) is 1. The van der Waals surface area contributed by atoms with Crippen molar-refractivity contribution in [3.63, 3.8) is 0 Å². The number of nitrogens with one attached hydrogen (secondary N) is 1. The predicted molar refractivity (Wildman–Crippen MR) is 126 cm³/mol. The molecule has 1 aromatic heterocycles. The van der Waals surface area contributed by atoms with E-state index in [-0.39, 0.29) is 18.4 Å². The van der Waals surface area contributed by atoms with Gasteiger partial charge in [0.1, 0.15) is 12.4 Å². The van der Waals surface area contributed by atoms with Gasteiger partial charge in [-0.05, 0) is 63.9 Å². The first-order valence-electron chi connectivity index (χ1n) is 10.8. The number of allylic oxidation sites excluding steroid dienone is 3. The van der Waals surface area contributed by atoms with Gasteiger partial charge >= 0.3 is 5.97 Å². The van der Waals surface area contributed by atoms with Gasteiger partial charge in [0.15, 0.2) is 5.78 Å².